The number of ether oxygens (including phenoxy) is 2. The number of carbonyl (C=O) groups excluding carboxylic acids is 1. The molecule has 2 aromatic heterocycles. The Hall–Kier alpha value is -4.91. The Bertz CT molecular complexity index is 2000. The van der Waals surface area contributed by atoms with Crippen LogP contribution in [0.1, 0.15) is 74.3 Å². The average molecular weight is 629 g/mol. The van der Waals surface area contributed by atoms with Crippen molar-refractivity contribution in [3.8, 4) is 16.9 Å². The molecule has 0 unspecified atom stereocenters. The maximum atomic E-state index is 13.0. The van der Waals surface area contributed by atoms with Gasteiger partial charge in [-0.15, -0.1) is 0 Å². The molecule has 0 bridgehead atoms. The van der Waals surface area contributed by atoms with Gasteiger partial charge in [-0.25, -0.2) is 14.8 Å². The Labute approximate surface area is 277 Å². The number of hydrogen-bond donors (Lipinski definition) is 0. The Kier molecular flexibility index (Phi) is 9.43. The van der Waals surface area contributed by atoms with E-state index in [0.29, 0.717) is 18.7 Å². The fourth-order valence-electron chi connectivity index (χ4n) is 6.02. The van der Waals surface area contributed by atoms with E-state index in [2.05, 4.69) is 70.4 Å². The van der Waals surface area contributed by atoms with Gasteiger partial charge in [0, 0.05) is 19.5 Å². The Balaban J connectivity index is 1.25. The van der Waals surface area contributed by atoms with E-state index in [9.17, 15) is 4.79 Å². The quantitative estimate of drug-likeness (QED) is 0.0998. The molecule has 0 aliphatic carbocycles. The van der Waals surface area contributed by atoms with Crippen LogP contribution >= 0.6 is 0 Å². The van der Waals surface area contributed by atoms with Crippen LogP contribution in [0.25, 0.3) is 33.2 Å². The maximum absolute atomic E-state index is 13.0. The summed E-state index contributed by atoms with van der Waals surface area (Å²) in [7, 11) is 0. The molecule has 0 spiro atoms. The number of aromatic nitrogens is 4. The van der Waals surface area contributed by atoms with Crippen molar-refractivity contribution in [1.29, 1.82) is 0 Å². The zero-order valence-electron chi connectivity index (χ0n) is 28.1. The van der Waals surface area contributed by atoms with Crippen LogP contribution in [0.5, 0.6) is 5.75 Å². The first-order chi connectivity index (χ1) is 22.7. The molecule has 6 aromatic rings. The topological polar surface area (TPSA) is 71.2 Å². The number of nitrogens with zero attached hydrogens (tertiary/aromatic N) is 4. The SMILES string of the molecule is CCCCc1nc2c(C)ccc(OCCCn3cnc4ccccc43)c2n1Cc1ccc(-c2ccccc2C(=O)OC(C)(C)C)cc1. The lowest BCUT2D eigenvalue weighted by molar-refractivity contribution is 0.00704. The molecule has 2 heterocycles. The number of benzene rings is 4. The van der Waals surface area contributed by atoms with Gasteiger partial charge in [0.2, 0.25) is 0 Å². The van der Waals surface area contributed by atoms with Gasteiger partial charge in [-0.05, 0) is 87.1 Å². The number of aryl methyl sites for hydroxylation is 3. The number of esters is 1. The third kappa shape index (κ3) is 7.25. The summed E-state index contributed by atoms with van der Waals surface area (Å²) >= 11 is 0. The zero-order chi connectivity index (χ0) is 33.0. The monoisotopic (exact) mass is 628 g/mol. The van der Waals surface area contributed by atoms with Crippen molar-refractivity contribution >= 4 is 28.0 Å². The second-order valence-electron chi connectivity index (χ2n) is 13.2. The molecule has 7 nitrogen and oxygen atoms in total. The average Bonchev–Trinajstić information content (AvgIpc) is 3.64. The summed E-state index contributed by atoms with van der Waals surface area (Å²) in [4.78, 5) is 22.7. The minimum Gasteiger partial charge on any atom is -0.491 e. The van der Waals surface area contributed by atoms with E-state index in [1.165, 1.54) is 0 Å². The highest BCUT2D eigenvalue weighted by molar-refractivity contribution is 5.97. The summed E-state index contributed by atoms with van der Waals surface area (Å²) in [5, 5.41) is 0. The summed E-state index contributed by atoms with van der Waals surface area (Å²) in [5.41, 5.74) is 8.33. The zero-order valence-corrected chi connectivity index (χ0v) is 28.1. The highest BCUT2D eigenvalue weighted by Gasteiger charge is 2.21. The summed E-state index contributed by atoms with van der Waals surface area (Å²) < 4.78 is 16.7. The second-order valence-corrected chi connectivity index (χ2v) is 13.2. The molecule has 0 aliphatic rings. The van der Waals surface area contributed by atoms with Crippen LogP contribution in [0.3, 0.4) is 0 Å². The first-order valence-electron chi connectivity index (χ1n) is 16.6. The molecule has 7 heteroatoms. The van der Waals surface area contributed by atoms with Crippen molar-refractivity contribution in [2.75, 3.05) is 6.61 Å². The van der Waals surface area contributed by atoms with Crippen LogP contribution in [-0.4, -0.2) is 37.3 Å². The van der Waals surface area contributed by atoms with Crippen LogP contribution in [0, 0.1) is 6.92 Å². The molecule has 4 aromatic carbocycles. The first-order valence-corrected chi connectivity index (χ1v) is 16.6. The van der Waals surface area contributed by atoms with Crippen molar-refractivity contribution in [3.63, 3.8) is 0 Å². The van der Waals surface area contributed by atoms with Crippen LogP contribution < -0.4 is 4.74 Å². The molecule has 0 amide bonds. The van der Waals surface area contributed by atoms with Gasteiger partial charge in [0.15, 0.2) is 0 Å². The van der Waals surface area contributed by atoms with Crippen molar-refractivity contribution in [2.45, 2.75) is 79.0 Å². The van der Waals surface area contributed by atoms with Crippen molar-refractivity contribution in [1.82, 2.24) is 19.1 Å². The van der Waals surface area contributed by atoms with Gasteiger partial charge in [-0.2, -0.15) is 0 Å². The fraction of sp³-hybridized carbons (Fsp3) is 0.325. The molecule has 242 valence electrons. The standard InChI is InChI=1S/C40H44N4O3/c1-6-7-17-36-42-37-28(2)18-23-35(46-25-12-24-43-27-41-33-15-10-11-16-34(33)43)38(37)44(36)26-29-19-21-30(22-20-29)31-13-8-9-14-32(31)39(45)47-40(3,4)5/h8-11,13-16,18-23,27H,6-7,12,17,24-26H2,1-5H3. The molecular weight excluding hydrogens is 584 g/mol. The summed E-state index contributed by atoms with van der Waals surface area (Å²) in [6.07, 6.45) is 5.83. The molecule has 0 aliphatic heterocycles. The largest absolute Gasteiger partial charge is 0.491 e. The summed E-state index contributed by atoms with van der Waals surface area (Å²) in [6, 6.07) is 28.5. The van der Waals surface area contributed by atoms with Gasteiger partial charge in [0.25, 0.3) is 0 Å². The Morgan fingerprint density at radius 3 is 2.45 bits per heavy atom. The number of rotatable bonds is 12. The smallest absolute Gasteiger partial charge is 0.339 e. The van der Waals surface area contributed by atoms with Crippen molar-refractivity contribution in [3.05, 3.63) is 114 Å². The van der Waals surface area contributed by atoms with Gasteiger partial charge >= 0.3 is 5.97 Å². The number of carbonyl (C=O) groups is 1. The molecule has 0 radical (unpaired) electrons. The minimum atomic E-state index is -0.563. The van der Waals surface area contributed by atoms with Crippen LogP contribution in [-0.2, 0) is 24.2 Å². The molecular formula is C40H44N4O3. The van der Waals surface area contributed by atoms with Crippen LogP contribution in [0.2, 0.25) is 0 Å². The van der Waals surface area contributed by atoms with Crippen LogP contribution in [0.4, 0.5) is 0 Å². The number of hydrogen-bond acceptors (Lipinski definition) is 5. The predicted octanol–water partition coefficient (Wildman–Crippen LogP) is 9.18. The molecule has 0 saturated heterocycles. The predicted molar refractivity (Wildman–Crippen MR) is 189 cm³/mol. The third-order valence-corrected chi connectivity index (χ3v) is 8.37. The summed E-state index contributed by atoms with van der Waals surface area (Å²) in [6.45, 7) is 12.1. The van der Waals surface area contributed by atoms with E-state index in [0.717, 1.165) is 88.1 Å². The number of fused-ring (bicyclic) bond motifs is 2. The molecule has 47 heavy (non-hydrogen) atoms. The number of unbranched alkanes of at least 4 members (excludes halogenated alkanes) is 1. The Morgan fingerprint density at radius 2 is 1.66 bits per heavy atom. The number of para-hydroxylation sites is 2. The van der Waals surface area contributed by atoms with E-state index in [4.69, 9.17) is 14.5 Å². The lowest BCUT2D eigenvalue weighted by Crippen LogP contribution is -2.24. The van der Waals surface area contributed by atoms with E-state index in [1.807, 2.05) is 69.6 Å². The van der Waals surface area contributed by atoms with E-state index in [1.54, 1.807) is 0 Å². The lowest BCUT2D eigenvalue weighted by atomic mass is 9.98. The van der Waals surface area contributed by atoms with E-state index >= 15 is 0 Å². The van der Waals surface area contributed by atoms with E-state index in [-0.39, 0.29) is 5.97 Å². The normalized spacial score (nSPS) is 11.8. The van der Waals surface area contributed by atoms with Gasteiger partial charge in [-0.1, -0.05) is 74.0 Å². The van der Waals surface area contributed by atoms with Gasteiger partial charge < -0.3 is 18.6 Å². The van der Waals surface area contributed by atoms with Gasteiger partial charge in [0.05, 0.1) is 35.0 Å². The third-order valence-electron chi connectivity index (χ3n) is 8.37. The summed E-state index contributed by atoms with van der Waals surface area (Å²) in [5.74, 6) is 1.62. The fourth-order valence-corrected chi connectivity index (χ4v) is 6.02. The molecule has 0 atom stereocenters. The molecule has 6 rings (SSSR count). The van der Waals surface area contributed by atoms with Gasteiger partial charge in [0.1, 0.15) is 22.7 Å². The van der Waals surface area contributed by atoms with Crippen molar-refractivity contribution < 1.29 is 14.3 Å². The van der Waals surface area contributed by atoms with E-state index < -0.39 is 5.60 Å². The lowest BCUT2D eigenvalue weighted by Gasteiger charge is -2.20. The molecule has 0 saturated carbocycles. The highest BCUT2D eigenvalue weighted by atomic mass is 16.6. The first kappa shape index (κ1) is 32.0. The minimum absolute atomic E-state index is 0.316. The number of imidazole rings is 2. The van der Waals surface area contributed by atoms with Gasteiger partial charge in [-0.3, -0.25) is 0 Å². The molecule has 0 N–H and O–H groups in total. The maximum Gasteiger partial charge on any atom is 0.339 e. The second kappa shape index (κ2) is 13.8. The Morgan fingerprint density at radius 1 is 0.894 bits per heavy atom. The highest BCUT2D eigenvalue weighted by Crippen LogP contribution is 2.32. The molecule has 0 fully saturated rings. The van der Waals surface area contributed by atoms with Crippen molar-refractivity contribution in [2.24, 2.45) is 0 Å². The van der Waals surface area contributed by atoms with Crippen LogP contribution in [0.15, 0.2) is 91.3 Å².